The topological polar surface area (TPSA) is 25.8 Å². The van der Waals surface area contributed by atoms with Gasteiger partial charge in [0.15, 0.2) is 0 Å². The minimum Gasteiger partial charge on any atom is -0.218 e. The summed E-state index contributed by atoms with van der Waals surface area (Å²) >= 11 is 6.42. The van der Waals surface area contributed by atoms with Crippen molar-refractivity contribution in [3.63, 3.8) is 0 Å². The first-order valence-electron chi connectivity index (χ1n) is 10.1. The van der Waals surface area contributed by atoms with Crippen molar-refractivity contribution in [3.8, 4) is 44.8 Å². The Bertz CT molecular complexity index is 1230. The predicted molar refractivity (Wildman–Crippen MR) is 129 cm³/mol. The minimum atomic E-state index is 0.234. The van der Waals surface area contributed by atoms with Crippen LogP contribution in [0.5, 0.6) is 0 Å². The van der Waals surface area contributed by atoms with Crippen molar-refractivity contribution >= 4 is 11.6 Å². The van der Waals surface area contributed by atoms with Crippen LogP contribution in [-0.2, 0) is 0 Å². The van der Waals surface area contributed by atoms with E-state index in [1.54, 1.807) is 0 Å². The molecule has 1 heterocycles. The van der Waals surface area contributed by atoms with E-state index in [1.807, 2.05) is 66.7 Å². The van der Waals surface area contributed by atoms with Gasteiger partial charge >= 0.3 is 0 Å². The largest absolute Gasteiger partial charge is 0.223 e. The van der Waals surface area contributed by atoms with Gasteiger partial charge in [0.05, 0.1) is 11.4 Å². The molecule has 0 unspecified atom stereocenters. The van der Waals surface area contributed by atoms with Crippen molar-refractivity contribution in [1.29, 1.82) is 0 Å². The highest BCUT2D eigenvalue weighted by molar-refractivity contribution is 6.28. The standard InChI is InChI=1S/C28H19ClN2/c29-28-30-26(24-17-9-7-15-22(24)20-11-3-1-4-12-20)19-27(31-28)25-18-10-8-16-23(25)21-13-5-2-6-14-21/h1-19H. The van der Waals surface area contributed by atoms with E-state index in [0.717, 1.165) is 44.8 Å². The van der Waals surface area contributed by atoms with Gasteiger partial charge in [0.25, 0.3) is 0 Å². The zero-order valence-corrected chi connectivity index (χ0v) is 17.5. The molecular formula is C28H19ClN2. The van der Waals surface area contributed by atoms with Crippen LogP contribution in [0.25, 0.3) is 44.8 Å². The van der Waals surface area contributed by atoms with Crippen molar-refractivity contribution in [2.24, 2.45) is 0 Å². The van der Waals surface area contributed by atoms with E-state index in [9.17, 15) is 0 Å². The molecule has 0 saturated heterocycles. The molecule has 0 aliphatic rings. The van der Waals surface area contributed by atoms with E-state index >= 15 is 0 Å². The van der Waals surface area contributed by atoms with Crippen LogP contribution in [0.1, 0.15) is 0 Å². The molecule has 0 aliphatic carbocycles. The number of rotatable bonds is 4. The molecular weight excluding hydrogens is 400 g/mol. The maximum Gasteiger partial charge on any atom is 0.223 e. The van der Waals surface area contributed by atoms with E-state index in [0.29, 0.717) is 0 Å². The summed E-state index contributed by atoms with van der Waals surface area (Å²) in [6, 6.07) is 39.2. The first kappa shape index (κ1) is 19.2. The van der Waals surface area contributed by atoms with Gasteiger partial charge in [-0.2, -0.15) is 0 Å². The van der Waals surface area contributed by atoms with Crippen molar-refractivity contribution in [2.75, 3.05) is 0 Å². The molecule has 1 aromatic heterocycles. The zero-order valence-electron chi connectivity index (χ0n) is 16.7. The van der Waals surface area contributed by atoms with Crippen molar-refractivity contribution in [3.05, 3.63) is 121 Å². The van der Waals surface area contributed by atoms with Crippen LogP contribution in [-0.4, -0.2) is 9.97 Å². The summed E-state index contributed by atoms with van der Waals surface area (Å²) in [5.41, 5.74) is 8.15. The number of aromatic nitrogens is 2. The third-order valence-electron chi connectivity index (χ3n) is 5.27. The van der Waals surface area contributed by atoms with Crippen molar-refractivity contribution in [2.45, 2.75) is 0 Å². The zero-order chi connectivity index (χ0) is 21.0. The van der Waals surface area contributed by atoms with Crippen LogP contribution in [0, 0.1) is 0 Å². The summed E-state index contributed by atoms with van der Waals surface area (Å²) in [5, 5.41) is 0.234. The van der Waals surface area contributed by atoms with E-state index in [1.165, 1.54) is 0 Å². The number of hydrogen-bond acceptors (Lipinski definition) is 2. The molecule has 0 bridgehead atoms. The molecule has 31 heavy (non-hydrogen) atoms. The van der Waals surface area contributed by atoms with E-state index < -0.39 is 0 Å². The summed E-state index contributed by atoms with van der Waals surface area (Å²) in [5.74, 6) is 0. The molecule has 0 spiro atoms. The number of hydrogen-bond donors (Lipinski definition) is 0. The molecule has 4 aromatic carbocycles. The van der Waals surface area contributed by atoms with Crippen molar-refractivity contribution < 1.29 is 0 Å². The van der Waals surface area contributed by atoms with Crippen LogP contribution in [0.4, 0.5) is 0 Å². The fourth-order valence-corrected chi connectivity index (χ4v) is 4.03. The molecule has 5 aromatic rings. The molecule has 0 aliphatic heterocycles. The monoisotopic (exact) mass is 418 g/mol. The molecule has 0 N–H and O–H groups in total. The highest BCUT2D eigenvalue weighted by Crippen LogP contribution is 2.36. The predicted octanol–water partition coefficient (Wildman–Crippen LogP) is 7.80. The van der Waals surface area contributed by atoms with Gasteiger partial charge in [0.1, 0.15) is 0 Å². The highest BCUT2D eigenvalue weighted by atomic mass is 35.5. The lowest BCUT2D eigenvalue weighted by atomic mass is 9.95. The Labute approximate surface area is 186 Å². The Kier molecular flexibility index (Phi) is 5.30. The van der Waals surface area contributed by atoms with Gasteiger partial charge in [0, 0.05) is 11.1 Å². The molecule has 0 radical (unpaired) electrons. The maximum absolute atomic E-state index is 6.42. The van der Waals surface area contributed by atoms with Crippen LogP contribution in [0.2, 0.25) is 5.28 Å². The van der Waals surface area contributed by atoms with Crippen molar-refractivity contribution in [1.82, 2.24) is 9.97 Å². The normalized spacial score (nSPS) is 10.7. The SMILES string of the molecule is Clc1nc(-c2ccccc2-c2ccccc2)cc(-c2ccccc2-c2ccccc2)n1. The Morgan fingerprint density at radius 3 is 1.19 bits per heavy atom. The van der Waals surface area contributed by atoms with Crippen LogP contribution in [0.3, 0.4) is 0 Å². The fourth-order valence-electron chi connectivity index (χ4n) is 3.85. The summed E-state index contributed by atoms with van der Waals surface area (Å²) in [7, 11) is 0. The second-order valence-corrected chi connectivity index (χ2v) is 7.57. The average Bonchev–Trinajstić information content (AvgIpc) is 2.85. The molecule has 5 rings (SSSR count). The Morgan fingerprint density at radius 1 is 0.419 bits per heavy atom. The lowest BCUT2D eigenvalue weighted by molar-refractivity contribution is 1.18. The molecule has 2 nitrogen and oxygen atoms in total. The van der Waals surface area contributed by atoms with Crippen LogP contribution >= 0.6 is 11.6 Å². The summed E-state index contributed by atoms with van der Waals surface area (Å²) in [4.78, 5) is 9.14. The first-order valence-corrected chi connectivity index (χ1v) is 10.5. The summed E-state index contributed by atoms with van der Waals surface area (Å²) in [6.07, 6.45) is 0. The third-order valence-corrected chi connectivity index (χ3v) is 5.44. The van der Waals surface area contributed by atoms with Gasteiger partial charge in [-0.3, -0.25) is 0 Å². The molecule has 0 atom stereocenters. The third kappa shape index (κ3) is 3.98. The molecule has 3 heteroatoms. The molecule has 0 amide bonds. The summed E-state index contributed by atoms with van der Waals surface area (Å²) in [6.45, 7) is 0. The average molecular weight is 419 g/mol. The quantitative estimate of drug-likeness (QED) is 0.278. The Morgan fingerprint density at radius 2 is 0.774 bits per heavy atom. The first-order chi connectivity index (χ1) is 15.3. The molecule has 0 fully saturated rings. The van der Waals surface area contributed by atoms with Crippen LogP contribution < -0.4 is 0 Å². The smallest absolute Gasteiger partial charge is 0.218 e. The van der Waals surface area contributed by atoms with E-state index in [-0.39, 0.29) is 5.28 Å². The van der Waals surface area contributed by atoms with E-state index in [4.69, 9.17) is 11.6 Å². The summed E-state index contributed by atoms with van der Waals surface area (Å²) < 4.78 is 0. The van der Waals surface area contributed by atoms with Gasteiger partial charge in [0.2, 0.25) is 5.28 Å². The fraction of sp³-hybridized carbons (Fsp3) is 0. The lowest BCUT2D eigenvalue weighted by Crippen LogP contribution is -1.95. The Hall–Kier alpha value is -3.75. The molecule has 148 valence electrons. The maximum atomic E-state index is 6.42. The highest BCUT2D eigenvalue weighted by Gasteiger charge is 2.14. The Balaban J connectivity index is 1.68. The van der Waals surface area contributed by atoms with Gasteiger partial charge in [-0.05, 0) is 39.9 Å². The number of benzene rings is 4. The number of halogens is 1. The minimum absolute atomic E-state index is 0.234. The van der Waals surface area contributed by atoms with Gasteiger partial charge < -0.3 is 0 Å². The van der Waals surface area contributed by atoms with Gasteiger partial charge in [-0.25, -0.2) is 9.97 Å². The second-order valence-electron chi connectivity index (χ2n) is 7.23. The second kappa shape index (κ2) is 8.55. The molecule has 0 saturated carbocycles. The number of nitrogens with zero attached hydrogens (tertiary/aromatic N) is 2. The van der Waals surface area contributed by atoms with Gasteiger partial charge in [-0.1, -0.05) is 109 Å². The van der Waals surface area contributed by atoms with E-state index in [2.05, 4.69) is 58.5 Å². The van der Waals surface area contributed by atoms with Gasteiger partial charge in [-0.15, -0.1) is 0 Å². The van der Waals surface area contributed by atoms with Crippen LogP contribution in [0.15, 0.2) is 115 Å². The lowest BCUT2D eigenvalue weighted by Gasteiger charge is -2.13.